The third-order valence-corrected chi connectivity index (χ3v) is 7.53. The van der Waals surface area contributed by atoms with Gasteiger partial charge in [0.1, 0.15) is 11.5 Å². The Morgan fingerprint density at radius 3 is 2.54 bits per heavy atom. The lowest BCUT2D eigenvalue weighted by Crippen LogP contribution is -2.29. The number of hydrogen-bond donors (Lipinski definition) is 1. The van der Waals surface area contributed by atoms with Gasteiger partial charge in [-0.05, 0) is 60.9 Å². The number of aliphatic hydroxyl groups is 1. The van der Waals surface area contributed by atoms with Crippen LogP contribution in [0.1, 0.15) is 28.3 Å². The van der Waals surface area contributed by atoms with Gasteiger partial charge in [-0.2, -0.15) is 0 Å². The number of benzene rings is 3. The number of amides is 1. The number of thiazole rings is 1. The number of fused-ring (bicyclic) bond motifs is 1. The Bertz CT molecular complexity index is 1520. The molecule has 0 radical (unpaired) electrons. The van der Waals surface area contributed by atoms with E-state index < -0.39 is 17.7 Å². The van der Waals surface area contributed by atoms with Crippen molar-refractivity contribution in [2.75, 3.05) is 12.0 Å². The molecule has 0 aliphatic carbocycles. The highest BCUT2D eigenvalue weighted by Crippen LogP contribution is 2.45. The molecular formula is C27H21BrN2O4S. The van der Waals surface area contributed by atoms with E-state index in [4.69, 9.17) is 9.72 Å². The number of hydrogen-bond acceptors (Lipinski definition) is 6. The molecule has 6 nitrogen and oxygen atoms in total. The molecule has 3 aromatic carbocycles. The van der Waals surface area contributed by atoms with Crippen molar-refractivity contribution in [3.05, 3.63) is 93.0 Å². The van der Waals surface area contributed by atoms with Crippen LogP contribution in [0.15, 0.2) is 70.7 Å². The number of methoxy groups -OCH3 is 1. The van der Waals surface area contributed by atoms with Crippen molar-refractivity contribution in [3.63, 3.8) is 0 Å². The molecule has 0 bridgehead atoms. The van der Waals surface area contributed by atoms with Crippen molar-refractivity contribution in [3.8, 4) is 5.75 Å². The van der Waals surface area contributed by atoms with E-state index in [2.05, 4.69) is 15.9 Å². The number of halogens is 1. The first-order valence-electron chi connectivity index (χ1n) is 10.9. The van der Waals surface area contributed by atoms with Gasteiger partial charge in [0.05, 0.1) is 28.9 Å². The minimum atomic E-state index is -0.837. The number of aliphatic hydroxyl groups excluding tert-OH is 1. The smallest absolute Gasteiger partial charge is 0.301 e. The maximum absolute atomic E-state index is 13.4. The van der Waals surface area contributed by atoms with Gasteiger partial charge in [0, 0.05) is 10.0 Å². The second-order valence-electron chi connectivity index (χ2n) is 8.38. The first kappa shape index (κ1) is 23.3. The average Bonchev–Trinajstić information content (AvgIpc) is 3.38. The van der Waals surface area contributed by atoms with Crippen molar-refractivity contribution in [1.82, 2.24) is 4.98 Å². The second kappa shape index (κ2) is 8.94. The summed E-state index contributed by atoms with van der Waals surface area (Å²) in [6.45, 7) is 3.98. The van der Waals surface area contributed by atoms with Crippen LogP contribution >= 0.6 is 27.3 Å². The predicted octanol–water partition coefficient (Wildman–Crippen LogP) is 6.31. The summed E-state index contributed by atoms with van der Waals surface area (Å²) in [6.07, 6.45) is 0. The summed E-state index contributed by atoms with van der Waals surface area (Å²) < 4.78 is 7.07. The fraction of sp³-hybridized carbons (Fsp3) is 0.148. The zero-order valence-corrected chi connectivity index (χ0v) is 21.6. The fourth-order valence-corrected chi connectivity index (χ4v) is 5.81. The number of ether oxygens (including phenoxy) is 1. The standard InChI is InChI=1S/C27H21BrN2O4S/c1-14-11-15(2)22-20(12-14)35-27(29-22)30-23(16-7-9-18(28)10-8-16)21(25(32)26(30)33)24(31)17-5-4-6-19(13-17)34-3/h4-13,23,31H,1-3H3. The number of rotatable bonds is 4. The summed E-state index contributed by atoms with van der Waals surface area (Å²) >= 11 is 4.79. The molecule has 2 heterocycles. The Kier molecular flexibility index (Phi) is 5.94. The van der Waals surface area contributed by atoms with Gasteiger partial charge in [0.2, 0.25) is 0 Å². The van der Waals surface area contributed by atoms with E-state index in [-0.39, 0.29) is 11.3 Å². The van der Waals surface area contributed by atoms with Crippen LogP contribution in [0.4, 0.5) is 5.13 Å². The van der Waals surface area contributed by atoms with Gasteiger partial charge in [0.15, 0.2) is 5.13 Å². The van der Waals surface area contributed by atoms with E-state index in [1.165, 1.54) is 23.3 Å². The summed E-state index contributed by atoms with van der Waals surface area (Å²) in [5, 5.41) is 11.7. The van der Waals surface area contributed by atoms with Gasteiger partial charge < -0.3 is 9.84 Å². The van der Waals surface area contributed by atoms with Crippen LogP contribution < -0.4 is 9.64 Å². The van der Waals surface area contributed by atoms with E-state index in [1.54, 1.807) is 24.3 Å². The Morgan fingerprint density at radius 1 is 1.09 bits per heavy atom. The van der Waals surface area contributed by atoms with Crippen LogP contribution in [-0.2, 0) is 9.59 Å². The number of Topliss-reactive ketones (excluding diaryl/α,β-unsaturated/α-hetero) is 1. The maximum Gasteiger partial charge on any atom is 0.301 e. The molecule has 1 amide bonds. The fourth-order valence-electron chi connectivity index (χ4n) is 4.38. The number of aryl methyl sites for hydroxylation is 2. The van der Waals surface area contributed by atoms with Gasteiger partial charge in [-0.1, -0.05) is 57.6 Å². The van der Waals surface area contributed by atoms with E-state index in [0.29, 0.717) is 22.0 Å². The van der Waals surface area contributed by atoms with Crippen LogP contribution in [-0.4, -0.2) is 28.9 Å². The molecule has 4 aromatic rings. The topological polar surface area (TPSA) is 79.7 Å². The van der Waals surface area contributed by atoms with Crippen molar-refractivity contribution in [2.24, 2.45) is 0 Å². The van der Waals surface area contributed by atoms with Crippen molar-refractivity contribution < 1.29 is 19.4 Å². The third-order valence-electron chi connectivity index (χ3n) is 6.00. The highest BCUT2D eigenvalue weighted by atomic mass is 79.9. The molecule has 1 unspecified atom stereocenters. The number of ketones is 1. The number of aromatic nitrogens is 1. The monoisotopic (exact) mass is 548 g/mol. The molecule has 1 aliphatic rings. The Labute approximate surface area is 214 Å². The zero-order valence-electron chi connectivity index (χ0n) is 19.2. The third kappa shape index (κ3) is 4.02. The molecule has 1 aliphatic heterocycles. The minimum absolute atomic E-state index is 0.0118. The molecule has 1 fully saturated rings. The molecule has 1 saturated heterocycles. The van der Waals surface area contributed by atoms with E-state index in [0.717, 1.165) is 25.8 Å². The van der Waals surface area contributed by atoms with E-state index >= 15 is 0 Å². The van der Waals surface area contributed by atoms with Crippen molar-refractivity contribution >= 4 is 60.1 Å². The molecule has 8 heteroatoms. The molecule has 1 atom stereocenters. The van der Waals surface area contributed by atoms with Gasteiger partial charge in [-0.15, -0.1) is 0 Å². The normalized spacial score (nSPS) is 17.4. The molecule has 35 heavy (non-hydrogen) atoms. The van der Waals surface area contributed by atoms with Crippen LogP contribution in [0, 0.1) is 13.8 Å². The summed E-state index contributed by atoms with van der Waals surface area (Å²) in [7, 11) is 1.52. The summed E-state index contributed by atoms with van der Waals surface area (Å²) in [5.41, 5.74) is 3.97. The zero-order chi connectivity index (χ0) is 24.9. The molecule has 1 aromatic heterocycles. The largest absolute Gasteiger partial charge is 0.507 e. The molecule has 176 valence electrons. The molecular weight excluding hydrogens is 528 g/mol. The summed E-state index contributed by atoms with van der Waals surface area (Å²) in [5.74, 6) is -1.22. The molecule has 5 rings (SSSR count). The predicted molar refractivity (Wildman–Crippen MR) is 141 cm³/mol. The van der Waals surface area contributed by atoms with Crippen LogP contribution in [0.2, 0.25) is 0 Å². The lowest BCUT2D eigenvalue weighted by molar-refractivity contribution is -0.132. The van der Waals surface area contributed by atoms with Crippen LogP contribution in [0.25, 0.3) is 16.0 Å². The average molecular weight is 549 g/mol. The number of carbonyl (C=O) groups is 2. The van der Waals surface area contributed by atoms with Gasteiger partial charge in [-0.3, -0.25) is 14.5 Å². The number of nitrogens with zero attached hydrogens (tertiary/aromatic N) is 2. The van der Waals surface area contributed by atoms with Crippen LogP contribution in [0.5, 0.6) is 5.75 Å². The molecule has 1 N–H and O–H groups in total. The van der Waals surface area contributed by atoms with Gasteiger partial charge >= 0.3 is 5.91 Å². The summed E-state index contributed by atoms with van der Waals surface area (Å²) in [4.78, 5) is 32.9. The van der Waals surface area contributed by atoms with Gasteiger partial charge in [-0.25, -0.2) is 4.98 Å². The van der Waals surface area contributed by atoms with Crippen molar-refractivity contribution in [1.29, 1.82) is 0 Å². The molecule has 0 saturated carbocycles. The van der Waals surface area contributed by atoms with E-state index in [1.807, 2.05) is 50.2 Å². The summed E-state index contributed by atoms with van der Waals surface area (Å²) in [6, 6.07) is 17.3. The van der Waals surface area contributed by atoms with Gasteiger partial charge in [0.25, 0.3) is 5.78 Å². The lowest BCUT2D eigenvalue weighted by Gasteiger charge is -2.23. The Hall–Kier alpha value is -3.49. The lowest BCUT2D eigenvalue weighted by atomic mass is 9.95. The second-order valence-corrected chi connectivity index (χ2v) is 10.3. The number of anilines is 1. The SMILES string of the molecule is COc1cccc(C(O)=C2C(=O)C(=O)N(c3nc4c(C)cc(C)cc4s3)C2c2ccc(Br)cc2)c1. The molecule has 0 spiro atoms. The van der Waals surface area contributed by atoms with Crippen molar-refractivity contribution in [2.45, 2.75) is 19.9 Å². The Balaban J connectivity index is 1.74. The first-order chi connectivity index (χ1) is 16.8. The van der Waals surface area contributed by atoms with E-state index in [9.17, 15) is 14.7 Å². The highest BCUT2D eigenvalue weighted by molar-refractivity contribution is 9.10. The minimum Gasteiger partial charge on any atom is -0.507 e. The maximum atomic E-state index is 13.4. The quantitative estimate of drug-likeness (QED) is 0.183. The first-order valence-corrected chi connectivity index (χ1v) is 12.5. The Morgan fingerprint density at radius 2 is 1.83 bits per heavy atom. The van der Waals surface area contributed by atoms with Crippen LogP contribution in [0.3, 0.4) is 0 Å². The number of carbonyl (C=O) groups excluding carboxylic acids is 2. The highest BCUT2D eigenvalue weighted by Gasteiger charge is 2.48.